The molecule has 0 fully saturated rings. The van der Waals surface area contributed by atoms with E-state index in [2.05, 4.69) is 56.8 Å². The van der Waals surface area contributed by atoms with E-state index in [-0.39, 0.29) is 6.04 Å². The Labute approximate surface area is 134 Å². The molecule has 0 aliphatic rings. The van der Waals surface area contributed by atoms with Gasteiger partial charge in [-0.15, -0.1) is 0 Å². The molecule has 1 unspecified atom stereocenters. The molecule has 1 aromatic heterocycles. The van der Waals surface area contributed by atoms with Gasteiger partial charge >= 0.3 is 0 Å². The number of halogens is 1. The Hall–Kier alpha value is -1.17. The molecule has 0 saturated heterocycles. The number of hydrogen-bond acceptors (Lipinski definition) is 3. The van der Waals surface area contributed by atoms with Gasteiger partial charge in [-0.2, -0.15) is 5.10 Å². The molecule has 0 radical (unpaired) electrons. The first-order chi connectivity index (χ1) is 10.1. The van der Waals surface area contributed by atoms with E-state index in [0.29, 0.717) is 0 Å². The Kier molecular flexibility index (Phi) is 5.96. The molecular weight excluding hydrogens is 328 g/mol. The van der Waals surface area contributed by atoms with Crippen LogP contribution in [0.2, 0.25) is 0 Å². The zero-order chi connectivity index (χ0) is 15.2. The molecule has 0 spiro atoms. The Morgan fingerprint density at radius 3 is 2.62 bits per heavy atom. The van der Waals surface area contributed by atoms with Gasteiger partial charge in [-0.1, -0.05) is 30.3 Å². The molecule has 0 amide bonds. The van der Waals surface area contributed by atoms with Gasteiger partial charge in [0, 0.05) is 19.5 Å². The van der Waals surface area contributed by atoms with Crippen molar-refractivity contribution in [2.45, 2.75) is 38.6 Å². The fourth-order valence-corrected chi connectivity index (χ4v) is 3.07. The number of aryl methyl sites for hydroxylation is 3. The molecular formula is C16H23BrN4. The maximum atomic E-state index is 5.71. The summed E-state index contributed by atoms with van der Waals surface area (Å²) in [6.45, 7) is 2.01. The molecule has 1 aromatic carbocycles. The van der Waals surface area contributed by atoms with Crippen LogP contribution in [0.25, 0.3) is 0 Å². The van der Waals surface area contributed by atoms with Crippen molar-refractivity contribution in [3.63, 3.8) is 0 Å². The first-order valence-corrected chi connectivity index (χ1v) is 8.09. The number of hydrogen-bond donors (Lipinski definition) is 2. The van der Waals surface area contributed by atoms with E-state index in [1.54, 1.807) is 0 Å². The van der Waals surface area contributed by atoms with Crippen molar-refractivity contribution < 1.29 is 0 Å². The third kappa shape index (κ3) is 4.40. The van der Waals surface area contributed by atoms with Gasteiger partial charge in [-0.3, -0.25) is 16.0 Å². The molecule has 4 nitrogen and oxygen atoms in total. The van der Waals surface area contributed by atoms with Crippen molar-refractivity contribution in [3.8, 4) is 0 Å². The minimum Gasteiger partial charge on any atom is -0.271 e. The lowest BCUT2D eigenvalue weighted by molar-refractivity contribution is 0.464. The summed E-state index contributed by atoms with van der Waals surface area (Å²) in [5.74, 6) is 5.71. The highest BCUT2D eigenvalue weighted by Gasteiger charge is 2.15. The van der Waals surface area contributed by atoms with E-state index in [1.165, 1.54) is 11.3 Å². The smallest absolute Gasteiger partial charge is 0.0738 e. The number of nitrogens with two attached hydrogens (primary N) is 1. The largest absolute Gasteiger partial charge is 0.271 e. The van der Waals surface area contributed by atoms with E-state index in [4.69, 9.17) is 5.84 Å². The monoisotopic (exact) mass is 350 g/mol. The van der Waals surface area contributed by atoms with Crippen LogP contribution in [0.1, 0.15) is 29.8 Å². The summed E-state index contributed by atoms with van der Waals surface area (Å²) < 4.78 is 3.02. The normalized spacial score (nSPS) is 12.6. The summed E-state index contributed by atoms with van der Waals surface area (Å²) in [7, 11) is 1.98. The second kappa shape index (κ2) is 7.73. The van der Waals surface area contributed by atoms with Gasteiger partial charge in [0.2, 0.25) is 0 Å². The zero-order valence-corrected chi connectivity index (χ0v) is 14.2. The molecule has 2 rings (SSSR count). The Morgan fingerprint density at radius 1 is 1.33 bits per heavy atom. The van der Waals surface area contributed by atoms with Crippen molar-refractivity contribution in [3.05, 3.63) is 51.8 Å². The van der Waals surface area contributed by atoms with Crippen molar-refractivity contribution in [1.29, 1.82) is 0 Å². The van der Waals surface area contributed by atoms with E-state index in [9.17, 15) is 0 Å². The summed E-state index contributed by atoms with van der Waals surface area (Å²) in [6, 6.07) is 10.8. The fraction of sp³-hybridized carbons (Fsp3) is 0.438. The van der Waals surface area contributed by atoms with E-state index < -0.39 is 0 Å². The lowest BCUT2D eigenvalue weighted by Crippen LogP contribution is -2.37. The molecule has 1 heterocycles. The number of nitrogens with zero attached hydrogens (tertiary/aromatic N) is 2. The third-order valence-electron chi connectivity index (χ3n) is 3.80. The fourth-order valence-electron chi connectivity index (χ4n) is 2.58. The van der Waals surface area contributed by atoms with Crippen LogP contribution in [0, 0.1) is 6.92 Å². The number of aromatic nitrogens is 2. The van der Waals surface area contributed by atoms with Crippen LogP contribution >= 0.6 is 15.9 Å². The van der Waals surface area contributed by atoms with Crippen LogP contribution in [-0.4, -0.2) is 15.8 Å². The summed E-state index contributed by atoms with van der Waals surface area (Å²) >= 11 is 3.61. The van der Waals surface area contributed by atoms with Crippen LogP contribution in [0.5, 0.6) is 0 Å². The highest BCUT2D eigenvalue weighted by molar-refractivity contribution is 9.10. The van der Waals surface area contributed by atoms with Crippen molar-refractivity contribution in [2.24, 2.45) is 12.9 Å². The van der Waals surface area contributed by atoms with Gasteiger partial charge in [0.25, 0.3) is 0 Å². The number of hydrazine groups is 1. The quantitative estimate of drug-likeness (QED) is 0.596. The number of nitrogens with one attached hydrogen (secondary N) is 1. The second-order valence-corrected chi connectivity index (χ2v) is 6.21. The molecule has 1 atom stereocenters. The molecule has 5 heteroatoms. The highest BCUT2D eigenvalue weighted by atomic mass is 79.9. The molecule has 0 saturated carbocycles. The average molecular weight is 351 g/mol. The Morgan fingerprint density at radius 2 is 2.05 bits per heavy atom. The molecule has 2 aromatic rings. The molecule has 21 heavy (non-hydrogen) atoms. The van der Waals surface area contributed by atoms with Crippen molar-refractivity contribution in [2.75, 3.05) is 0 Å². The van der Waals surface area contributed by atoms with Crippen LogP contribution in [0.15, 0.2) is 34.8 Å². The van der Waals surface area contributed by atoms with Crippen LogP contribution in [0.4, 0.5) is 0 Å². The zero-order valence-electron chi connectivity index (χ0n) is 12.6. The number of rotatable bonds is 7. The lowest BCUT2D eigenvalue weighted by Gasteiger charge is -2.16. The predicted molar refractivity (Wildman–Crippen MR) is 89.8 cm³/mol. The molecule has 0 aliphatic heterocycles. The Bertz CT molecular complexity index is 565. The van der Waals surface area contributed by atoms with Crippen LogP contribution in [0.3, 0.4) is 0 Å². The lowest BCUT2D eigenvalue weighted by atomic mass is 10.0. The van der Waals surface area contributed by atoms with Gasteiger partial charge in [0.05, 0.1) is 15.9 Å². The van der Waals surface area contributed by atoms with E-state index in [0.717, 1.165) is 35.8 Å². The summed E-state index contributed by atoms with van der Waals surface area (Å²) in [4.78, 5) is 0. The first kappa shape index (κ1) is 16.2. The second-order valence-electron chi connectivity index (χ2n) is 5.42. The van der Waals surface area contributed by atoms with Gasteiger partial charge in [0.15, 0.2) is 0 Å². The van der Waals surface area contributed by atoms with Crippen molar-refractivity contribution in [1.82, 2.24) is 15.2 Å². The number of benzene rings is 1. The standard InChI is InChI=1S/C16H23BrN4/c1-12-16(17)15(21(2)20-12)11-14(19-18)10-6-9-13-7-4-3-5-8-13/h3-5,7-8,14,19H,6,9-11,18H2,1-2H3. The highest BCUT2D eigenvalue weighted by Crippen LogP contribution is 2.22. The Balaban J connectivity index is 1.88. The van der Waals surface area contributed by atoms with Gasteiger partial charge in [-0.25, -0.2) is 0 Å². The van der Waals surface area contributed by atoms with Crippen molar-refractivity contribution >= 4 is 15.9 Å². The third-order valence-corrected chi connectivity index (χ3v) is 4.83. The van der Waals surface area contributed by atoms with E-state index >= 15 is 0 Å². The minimum absolute atomic E-state index is 0.264. The average Bonchev–Trinajstić information content (AvgIpc) is 2.73. The molecule has 3 N–H and O–H groups in total. The summed E-state index contributed by atoms with van der Waals surface area (Å²) in [5, 5.41) is 4.43. The van der Waals surface area contributed by atoms with Gasteiger partial charge < -0.3 is 0 Å². The van der Waals surface area contributed by atoms with Crippen LogP contribution in [-0.2, 0) is 19.9 Å². The summed E-state index contributed by atoms with van der Waals surface area (Å²) in [5.41, 5.74) is 6.53. The van der Waals surface area contributed by atoms with Crippen LogP contribution < -0.4 is 11.3 Å². The first-order valence-electron chi connectivity index (χ1n) is 7.30. The molecule has 0 aliphatic carbocycles. The SMILES string of the molecule is Cc1nn(C)c(CC(CCCc2ccccc2)NN)c1Br. The predicted octanol–water partition coefficient (Wildman–Crippen LogP) is 2.89. The van der Waals surface area contributed by atoms with Gasteiger partial charge in [-0.05, 0) is 47.7 Å². The topological polar surface area (TPSA) is 55.9 Å². The molecule has 114 valence electrons. The summed E-state index contributed by atoms with van der Waals surface area (Å²) in [6.07, 6.45) is 4.13. The van der Waals surface area contributed by atoms with E-state index in [1.807, 2.05) is 18.7 Å². The molecule has 0 bridgehead atoms. The van der Waals surface area contributed by atoms with Gasteiger partial charge in [0.1, 0.15) is 0 Å². The maximum Gasteiger partial charge on any atom is 0.0738 e. The maximum absolute atomic E-state index is 5.71. The minimum atomic E-state index is 0.264.